The molecule has 98 valence electrons. The zero-order valence-electron chi connectivity index (χ0n) is 10.4. The molecule has 0 atom stereocenters. The van der Waals surface area contributed by atoms with E-state index in [1.54, 1.807) is 36.8 Å². The first kappa shape index (κ1) is 12.8. The van der Waals surface area contributed by atoms with Gasteiger partial charge in [0.2, 0.25) is 5.91 Å². The van der Waals surface area contributed by atoms with Gasteiger partial charge in [0.25, 0.3) is 5.91 Å². The Balaban J connectivity index is 2.00. The Morgan fingerprint density at radius 3 is 2.89 bits per heavy atom. The highest BCUT2D eigenvalue weighted by atomic mass is 16.2. The van der Waals surface area contributed by atoms with Gasteiger partial charge in [0.05, 0.1) is 18.6 Å². The standard InChI is InChI=1S/C13H14N4O2/c1-9(18)17-11-4-2-3-10(5-11)13(19)15-7-12-6-14-8-16-12/h2-6,8H,7H2,1H3,(H,14,16)(H,15,19)(H,17,18). The highest BCUT2D eigenvalue weighted by molar-refractivity contribution is 5.96. The number of anilines is 1. The van der Waals surface area contributed by atoms with E-state index in [1.807, 2.05) is 0 Å². The summed E-state index contributed by atoms with van der Waals surface area (Å²) < 4.78 is 0. The van der Waals surface area contributed by atoms with Crippen LogP contribution in [-0.2, 0) is 11.3 Å². The van der Waals surface area contributed by atoms with Crippen LogP contribution < -0.4 is 10.6 Å². The van der Waals surface area contributed by atoms with E-state index in [4.69, 9.17) is 0 Å². The first-order chi connectivity index (χ1) is 9.15. The summed E-state index contributed by atoms with van der Waals surface area (Å²) in [5.74, 6) is -0.378. The predicted molar refractivity (Wildman–Crippen MR) is 70.5 cm³/mol. The average molecular weight is 258 g/mol. The van der Waals surface area contributed by atoms with Gasteiger partial charge in [0.15, 0.2) is 0 Å². The van der Waals surface area contributed by atoms with Crippen molar-refractivity contribution >= 4 is 17.5 Å². The predicted octanol–water partition coefficient (Wildman–Crippen LogP) is 1.30. The molecule has 0 radical (unpaired) electrons. The maximum Gasteiger partial charge on any atom is 0.251 e. The van der Waals surface area contributed by atoms with Gasteiger partial charge < -0.3 is 15.6 Å². The minimum Gasteiger partial charge on any atom is -0.347 e. The molecule has 3 N–H and O–H groups in total. The number of H-pyrrole nitrogens is 1. The molecule has 0 saturated carbocycles. The van der Waals surface area contributed by atoms with Crippen molar-refractivity contribution < 1.29 is 9.59 Å². The summed E-state index contributed by atoms with van der Waals surface area (Å²) >= 11 is 0. The van der Waals surface area contributed by atoms with E-state index in [2.05, 4.69) is 20.6 Å². The van der Waals surface area contributed by atoms with Gasteiger partial charge in [-0.05, 0) is 18.2 Å². The molecule has 0 aliphatic heterocycles. The Labute approximate surface area is 110 Å². The van der Waals surface area contributed by atoms with E-state index in [0.29, 0.717) is 17.8 Å². The van der Waals surface area contributed by atoms with Gasteiger partial charge in [-0.15, -0.1) is 0 Å². The third kappa shape index (κ3) is 3.67. The number of aromatic amines is 1. The molecule has 0 unspecified atom stereocenters. The number of amides is 2. The fourth-order valence-corrected chi connectivity index (χ4v) is 1.60. The molecule has 0 fully saturated rings. The molecular formula is C13H14N4O2. The molecule has 0 aliphatic carbocycles. The minimum atomic E-state index is -0.207. The van der Waals surface area contributed by atoms with Crippen molar-refractivity contribution in [3.63, 3.8) is 0 Å². The van der Waals surface area contributed by atoms with Crippen molar-refractivity contribution in [3.05, 3.63) is 48.0 Å². The lowest BCUT2D eigenvalue weighted by Gasteiger charge is -2.06. The monoisotopic (exact) mass is 258 g/mol. The third-order valence-electron chi connectivity index (χ3n) is 2.44. The van der Waals surface area contributed by atoms with E-state index >= 15 is 0 Å². The quantitative estimate of drug-likeness (QED) is 0.772. The number of imidazole rings is 1. The number of nitrogens with zero attached hydrogens (tertiary/aromatic N) is 1. The summed E-state index contributed by atoms with van der Waals surface area (Å²) in [6.45, 7) is 1.80. The highest BCUT2D eigenvalue weighted by Crippen LogP contribution is 2.10. The number of nitrogens with one attached hydrogen (secondary N) is 3. The topological polar surface area (TPSA) is 86.9 Å². The van der Waals surface area contributed by atoms with Crippen LogP contribution in [0, 0.1) is 0 Å². The first-order valence-electron chi connectivity index (χ1n) is 5.78. The normalized spacial score (nSPS) is 9.95. The Bertz CT molecular complexity index is 578. The highest BCUT2D eigenvalue weighted by Gasteiger charge is 2.06. The Kier molecular flexibility index (Phi) is 3.92. The summed E-state index contributed by atoms with van der Waals surface area (Å²) in [7, 11) is 0. The van der Waals surface area contributed by atoms with Crippen LogP contribution in [-0.4, -0.2) is 21.8 Å². The molecule has 1 aromatic carbocycles. The summed E-state index contributed by atoms with van der Waals surface area (Å²) in [6, 6.07) is 6.76. The molecule has 0 spiro atoms. The molecule has 6 nitrogen and oxygen atoms in total. The SMILES string of the molecule is CC(=O)Nc1cccc(C(=O)NCc2cnc[nH]2)c1. The number of aromatic nitrogens is 2. The van der Waals surface area contributed by atoms with Gasteiger partial charge in [-0.1, -0.05) is 6.07 Å². The summed E-state index contributed by atoms with van der Waals surface area (Å²) in [6.07, 6.45) is 3.20. The lowest BCUT2D eigenvalue weighted by molar-refractivity contribution is -0.114. The van der Waals surface area contributed by atoms with Crippen molar-refractivity contribution in [2.75, 3.05) is 5.32 Å². The largest absolute Gasteiger partial charge is 0.347 e. The van der Waals surface area contributed by atoms with Crippen molar-refractivity contribution in [2.24, 2.45) is 0 Å². The Hall–Kier alpha value is -2.63. The van der Waals surface area contributed by atoms with Crippen LogP contribution in [0.1, 0.15) is 23.0 Å². The van der Waals surface area contributed by atoms with Gasteiger partial charge in [-0.25, -0.2) is 4.98 Å². The maximum atomic E-state index is 11.9. The summed E-state index contributed by atoms with van der Waals surface area (Å²) in [4.78, 5) is 29.6. The fraction of sp³-hybridized carbons (Fsp3) is 0.154. The van der Waals surface area contributed by atoms with Gasteiger partial charge in [0.1, 0.15) is 0 Å². The number of carbonyl (C=O) groups is 2. The molecule has 1 aromatic heterocycles. The van der Waals surface area contributed by atoms with Crippen LogP contribution in [0.25, 0.3) is 0 Å². The molecule has 2 amide bonds. The second kappa shape index (κ2) is 5.81. The maximum absolute atomic E-state index is 11.9. The Morgan fingerprint density at radius 2 is 2.21 bits per heavy atom. The molecule has 2 rings (SSSR count). The minimum absolute atomic E-state index is 0.171. The van der Waals surface area contributed by atoms with Gasteiger partial charge in [-0.2, -0.15) is 0 Å². The van der Waals surface area contributed by atoms with Crippen molar-refractivity contribution in [1.82, 2.24) is 15.3 Å². The molecule has 0 aliphatic rings. The van der Waals surface area contributed by atoms with Gasteiger partial charge in [-0.3, -0.25) is 9.59 Å². The Morgan fingerprint density at radius 1 is 1.37 bits per heavy atom. The molecule has 0 bridgehead atoms. The zero-order chi connectivity index (χ0) is 13.7. The molecule has 6 heteroatoms. The molecule has 2 aromatic rings. The molecule has 19 heavy (non-hydrogen) atoms. The fourth-order valence-electron chi connectivity index (χ4n) is 1.60. The van der Waals surface area contributed by atoms with Gasteiger partial charge >= 0.3 is 0 Å². The number of carbonyl (C=O) groups excluding carboxylic acids is 2. The van der Waals surface area contributed by atoms with Gasteiger partial charge in [0, 0.05) is 24.4 Å². The average Bonchev–Trinajstić information content (AvgIpc) is 2.88. The van der Waals surface area contributed by atoms with E-state index in [1.165, 1.54) is 6.92 Å². The lowest BCUT2D eigenvalue weighted by atomic mass is 10.2. The van der Waals surface area contributed by atoms with Crippen LogP contribution >= 0.6 is 0 Å². The van der Waals surface area contributed by atoms with Crippen LogP contribution in [0.3, 0.4) is 0 Å². The van der Waals surface area contributed by atoms with Crippen LogP contribution in [0.15, 0.2) is 36.8 Å². The number of benzene rings is 1. The lowest BCUT2D eigenvalue weighted by Crippen LogP contribution is -2.23. The van der Waals surface area contributed by atoms with Crippen LogP contribution in [0.5, 0.6) is 0 Å². The molecule has 0 saturated heterocycles. The number of rotatable bonds is 4. The van der Waals surface area contributed by atoms with Crippen molar-refractivity contribution in [2.45, 2.75) is 13.5 Å². The number of hydrogen-bond donors (Lipinski definition) is 3. The summed E-state index contributed by atoms with van der Waals surface area (Å²) in [5.41, 5.74) is 1.92. The summed E-state index contributed by atoms with van der Waals surface area (Å²) in [5, 5.41) is 5.39. The van der Waals surface area contributed by atoms with Crippen LogP contribution in [0.4, 0.5) is 5.69 Å². The molecule has 1 heterocycles. The van der Waals surface area contributed by atoms with Crippen molar-refractivity contribution in [1.29, 1.82) is 0 Å². The van der Waals surface area contributed by atoms with E-state index < -0.39 is 0 Å². The van der Waals surface area contributed by atoms with E-state index in [9.17, 15) is 9.59 Å². The third-order valence-corrected chi connectivity index (χ3v) is 2.44. The van der Waals surface area contributed by atoms with Crippen molar-refractivity contribution in [3.8, 4) is 0 Å². The zero-order valence-corrected chi connectivity index (χ0v) is 10.4. The first-order valence-corrected chi connectivity index (χ1v) is 5.78. The second-order valence-corrected chi connectivity index (χ2v) is 4.02. The van der Waals surface area contributed by atoms with E-state index in [-0.39, 0.29) is 11.8 Å². The van der Waals surface area contributed by atoms with E-state index in [0.717, 1.165) is 5.69 Å². The number of hydrogen-bond acceptors (Lipinski definition) is 3. The smallest absolute Gasteiger partial charge is 0.251 e. The second-order valence-electron chi connectivity index (χ2n) is 4.02. The van der Waals surface area contributed by atoms with Crippen LogP contribution in [0.2, 0.25) is 0 Å². The molecular weight excluding hydrogens is 244 g/mol.